The van der Waals surface area contributed by atoms with Crippen LogP contribution in [0.5, 0.6) is 0 Å². The second-order valence-electron chi connectivity index (χ2n) is 13.9. The van der Waals surface area contributed by atoms with E-state index in [0.717, 1.165) is 55.2 Å². The topological polar surface area (TPSA) is 38.7 Å². The minimum Gasteiger partial charge on any atom is -0.256 e. The summed E-state index contributed by atoms with van der Waals surface area (Å²) in [5.41, 5.74) is 10.0. The molecule has 8 aromatic carbocycles. The van der Waals surface area contributed by atoms with Gasteiger partial charge in [-0.2, -0.15) is 0 Å². The molecular weight excluding hydrogens is 679 g/mol. The Morgan fingerprint density at radius 3 is 1.46 bits per heavy atom. The minimum atomic E-state index is -0.434. The van der Waals surface area contributed by atoms with Crippen molar-refractivity contribution in [1.29, 1.82) is 0 Å². The Bertz CT molecular complexity index is 3500. The van der Waals surface area contributed by atoms with Gasteiger partial charge in [0.25, 0.3) is 0 Å². The summed E-state index contributed by atoms with van der Waals surface area (Å²) in [6.07, 6.45) is 1.82. The zero-order chi connectivity index (χ0) is 41.4. The van der Waals surface area contributed by atoms with Crippen molar-refractivity contribution in [3.05, 3.63) is 200 Å². The van der Waals surface area contributed by atoms with Crippen molar-refractivity contribution in [2.45, 2.75) is 0 Å². The number of fused-ring (bicyclic) bond motifs is 6. The number of benzene rings is 8. The first-order valence-electron chi connectivity index (χ1n) is 21.1. The third-order valence-corrected chi connectivity index (χ3v) is 10.8. The van der Waals surface area contributed by atoms with Crippen LogP contribution in [0.25, 0.3) is 110 Å². The Labute approximate surface area is 331 Å². The lowest BCUT2D eigenvalue weighted by Crippen LogP contribution is -1.94. The lowest BCUT2D eigenvalue weighted by molar-refractivity contribution is 1.33. The Morgan fingerprint density at radius 1 is 0.339 bits per heavy atom. The van der Waals surface area contributed by atoms with Crippen molar-refractivity contribution < 1.29 is 6.85 Å². The van der Waals surface area contributed by atoms with E-state index in [-0.39, 0.29) is 17.6 Å². The molecule has 0 saturated heterocycles. The van der Waals surface area contributed by atoms with E-state index in [2.05, 4.69) is 114 Å². The van der Waals surface area contributed by atoms with Crippen LogP contribution in [0.3, 0.4) is 0 Å². The largest absolute Gasteiger partial charge is 0.256 e. The van der Waals surface area contributed by atoms with Crippen LogP contribution in [0.4, 0.5) is 0 Å². The summed E-state index contributed by atoms with van der Waals surface area (Å²) in [7, 11) is 0. The first kappa shape index (κ1) is 27.1. The van der Waals surface area contributed by atoms with Crippen LogP contribution in [0, 0.1) is 0 Å². The normalized spacial score (nSPS) is 12.8. The summed E-state index contributed by atoms with van der Waals surface area (Å²) >= 11 is 0. The molecule has 0 atom stereocenters. The lowest BCUT2D eigenvalue weighted by atomic mass is 9.84. The van der Waals surface area contributed by atoms with Crippen molar-refractivity contribution in [1.82, 2.24) is 15.0 Å². The Morgan fingerprint density at radius 2 is 0.839 bits per heavy atom. The molecule has 3 heterocycles. The van der Waals surface area contributed by atoms with Crippen LogP contribution in [0.15, 0.2) is 200 Å². The third-order valence-electron chi connectivity index (χ3n) is 10.8. The van der Waals surface area contributed by atoms with Gasteiger partial charge in [0, 0.05) is 33.7 Å². The Balaban J connectivity index is 1.09. The van der Waals surface area contributed by atoms with Crippen LogP contribution in [0.1, 0.15) is 6.85 Å². The molecule has 260 valence electrons. The van der Waals surface area contributed by atoms with Gasteiger partial charge in [0.1, 0.15) is 0 Å². The molecule has 0 N–H and O–H groups in total. The minimum absolute atomic E-state index is 0.0641. The highest BCUT2D eigenvalue weighted by Crippen LogP contribution is 2.46. The zero-order valence-corrected chi connectivity index (χ0v) is 30.0. The van der Waals surface area contributed by atoms with E-state index in [9.17, 15) is 0 Å². The quantitative estimate of drug-likeness (QED) is 0.131. The smallest absolute Gasteiger partial charge is 0.0972 e. The fraction of sp³-hybridized carbons (Fsp3) is 0. The highest BCUT2D eigenvalue weighted by atomic mass is 14.8. The van der Waals surface area contributed by atoms with E-state index in [1.54, 1.807) is 6.07 Å². The van der Waals surface area contributed by atoms with Crippen molar-refractivity contribution in [2.24, 2.45) is 0 Å². The highest BCUT2D eigenvalue weighted by molar-refractivity contribution is 6.24. The van der Waals surface area contributed by atoms with Crippen LogP contribution in [-0.4, -0.2) is 15.0 Å². The number of hydrogen-bond acceptors (Lipinski definition) is 3. The highest BCUT2D eigenvalue weighted by Gasteiger charge is 2.20. The number of rotatable bonds is 5. The fourth-order valence-corrected chi connectivity index (χ4v) is 8.25. The molecule has 0 unspecified atom stereocenters. The van der Waals surface area contributed by atoms with Crippen molar-refractivity contribution in [2.75, 3.05) is 0 Å². The Kier molecular flexibility index (Phi) is 6.36. The summed E-state index contributed by atoms with van der Waals surface area (Å²) in [6.45, 7) is 0. The number of hydrogen-bond donors (Lipinski definition) is 0. The van der Waals surface area contributed by atoms with Crippen LogP contribution >= 0.6 is 0 Å². The van der Waals surface area contributed by atoms with Gasteiger partial charge in [0.2, 0.25) is 0 Å². The number of nitrogens with zero attached hydrogens (tertiary/aromatic N) is 3. The maximum atomic E-state index is 8.59. The average Bonchev–Trinajstić information content (AvgIpc) is 3.32. The van der Waals surface area contributed by atoms with Gasteiger partial charge in [0.05, 0.1) is 35.0 Å². The van der Waals surface area contributed by atoms with E-state index < -0.39 is 18.1 Å². The number of aromatic nitrogens is 3. The van der Waals surface area contributed by atoms with Crippen molar-refractivity contribution >= 4 is 54.1 Å². The van der Waals surface area contributed by atoms with E-state index >= 15 is 0 Å². The van der Waals surface area contributed by atoms with Gasteiger partial charge in [-0.15, -0.1) is 0 Å². The van der Waals surface area contributed by atoms with Gasteiger partial charge in [-0.3, -0.25) is 4.98 Å². The summed E-state index contributed by atoms with van der Waals surface area (Å²) in [5, 5.41) is 8.55. The molecule has 0 radical (unpaired) electrons. The van der Waals surface area contributed by atoms with E-state index in [1.807, 2.05) is 54.7 Å². The molecule has 0 saturated carbocycles. The molecule has 0 aliphatic heterocycles. The summed E-state index contributed by atoms with van der Waals surface area (Å²) < 4.78 is 41.7. The second kappa shape index (κ2) is 13.1. The van der Waals surface area contributed by atoms with Crippen LogP contribution < -0.4 is 0 Å². The summed E-state index contributed by atoms with van der Waals surface area (Å²) in [4.78, 5) is 14.8. The SMILES string of the molecule is [2H]c1c([2H])c([2H])c(-c2ccc3ccc4ccc(-c5ccc(-c6c7ccccc7c(-c7ccc(-c8ccccn8)cc7)c7ccccc67)c6ccccc56)nc4c3n2)c([2H])c1[2H]. The lowest BCUT2D eigenvalue weighted by Gasteiger charge is -2.19. The van der Waals surface area contributed by atoms with E-state index in [4.69, 9.17) is 16.8 Å². The monoisotopic (exact) mass is 716 g/mol. The van der Waals surface area contributed by atoms with Crippen molar-refractivity contribution in [3.8, 4) is 56.0 Å². The summed E-state index contributed by atoms with van der Waals surface area (Å²) in [6, 6.07) is 54.8. The van der Waals surface area contributed by atoms with E-state index in [1.165, 1.54) is 32.7 Å². The molecule has 3 heteroatoms. The van der Waals surface area contributed by atoms with Gasteiger partial charge in [-0.1, -0.05) is 170 Å². The molecule has 0 bridgehead atoms. The predicted molar refractivity (Wildman–Crippen MR) is 235 cm³/mol. The average molecular weight is 717 g/mol. The van der Waals surface area contributed by atoms with Gasteiger partial charge >= 0.3 is 0 Å². The maximum Gasteiger partial charge on any atom is 0.0972 e. The molecule has 11 aromatic rings. The first-order valence-corrected chi connectivity index (χ1v) is 18.6. The molecule has 3 aromatic heterocycles. The standard InChI is InChI=1S/C53H33N3/c1-2-12-34(13-3-1)48-31-27-37-25-26-38-28-32-49(56-53(38)52(37)55-48)41-29-30-46(40-15-5-4-14-39(40)41)51-44-18-8-6-16-42(44)50(43-17-7-9-19-45(43)51)36-23-21-35(22-24-36)47-20-10-11-33-54-47/h1-33H/i1D,2D,3D,12D,13D. The molecule has 0 aliphatic carbocycles. The third kappa shape index (κ3) is 5.25. The molecule has 0 spiro atoms. The molecule has 11 rings (SSSR count). The van der Waals surface area contributed by atoms with Crippen molar-refractivity contribution in [3.63, 3.8) is 0 Å². The predicted octanol–water partition coefficient (Wildman–Crippen LogP) is 14.0. The van der Waals surface area contributed by atoms with Gasteiger partial charge < -0.3 is 0 Å². The molecule has 0 aliphatic rings. The number of pyridine rings is 3. The van der Waals surface area contributed by atoms with E-state index in [0.29, 0.717) is 16.7 Å². The van der Waals surface area contributed by atoms with Crippen LogP contribution in [-0.2, 0) is 0 Å². The van der Waals surface area contributed by atoms with Gasteiger partial charge in [0.15, 0.2) is 0 Å². The molecule has 0 fully saturated rings. The van der Waals surface area contributed by atoms with Gasteiger partial charge in [-0.05, 0) is 78.8 Å². The first-order chi connectivity index (χ1) is 29.9. The van der Waals surface area contributed by atoms with Crippen LogP contribution in [0.2, 0.25) is 0 Å². The Hall–Kier alpha value is -7.49. The second-order valence-corrected chi connectivity index (χ2v) is 13.9. The molecule has 3 nitrogen and oxygen atoms in total. The van der Waals surface area contributed by atoms with Gasteiger partial charge in [-0.25, -0.2) is 9.97 Å². The fourth-order valence-electron chi connectivity index (χ4n) is 8.25. The molecule has 0 amide bonds. The maximum absolute atomic E-state index is 8.59. The zero-order valence-electron chi connectivity index (χ0n) is 35.0. The summed E-state index contributed by atoms with van der Waals surface area (Å²) in [5.74, 6) is 0. The molecule has 56 heavy (non-hydrogen) atoms. The molecular formula is C53H33N3.